The molecular formula is C17H20ClN3O3. The Morgan fingerprint density at radius 2 is 2.12 bits per heavy atom. The Labute approximate surface area is 145 Å². The third-order valence-electron chi connectivity index (χ3n) is 3.96. The average Bonchev–Trinajstić information content (AvgIpc) is 3.12. The molecule has 0 spiro atoms. The molecule has 3 rings (SSSR count). The Hall–Kier alpha value is -2.21. The van der Waals surface area contributed by atoms with Gasteiger partial charge in [0.25, 0.3) is 0 Å². The SMILES string of the molecule is Cc1nn(CCCNC(=O)Cc2ccc3c(c2)OCO3)c(C)c1Cl. The molecule has 1 N–H and O–H groups in total. The van der Waals surface area contributed by atoms with Crippen LogP contribution in [0.15, 0.2) is 18.2 Å². The summed E-state index contributed by atoms with van der Waals surface area (Å²) in [5.74, 6) is 1.41. The molecule has 0 radical (unpaired) electrons. The Morgan fingerprint density at radius 1 is 1.33 bits per heavy atom. The van der Waals surface area contributed by atoms with E-state index in [9.17, 15) is 4.79 Å². The standard InChI is InChI=1S/C17H20ClN3O3/c1-11-17(18)12(2)21(20-11)7-3-6-19-16(22)9-13-4-5-14-15(8-13)24-10-23-14/h4-5,8H,3,6-7,9-10H2,1-2H3,(H,19,22). The van der Waals surface area contributed by atoms with Crippen LogP contribution in [0.25, 0.3) is 0 Å². The molecule has 0 fully saturated rings. The fourth-order valence-corrected chi connectivity index (χ4v) is 2.78. The van der Waals surface area contributed by atoms with Crippen LogP contribution in [-0.2, 0) is 17.8 Å². The summed E-state index contributed by atoms with van der Waals surface area (Å²) in [6.45, 7) is 5.39. The molecule has 2 heterocycles. The predicted octanol–water partition coefficient (Wildman–Crippen LogP) is 2.63. The number of hydrogen-bond acceptors (Lipinski definition) is 4. The van der Waals surface area contributed by atoms with Gasteiger partial charge in [-0.1, -0.05) is 17.7 Å². The summed E-state index contributed by atoms with van der Waals surface area (Å²) in [4.78, 5) is 12.0. The topological polar surface area (TPSA) is 65.4 Å². The zero-order valence-corrected chi connectivity index (χ0v) is 14.5. The normalized spacial score (nSPS) is 12.5. The molecule has 0 atom stereocenters. The highest BCUT2D eigenvalue weighted by Crippen LogP contribution is 2.32. The number of benzene rings is 1. The molecule has 0 bridgehead atoms. The zero-order chi connectivity index (χ0) is 17.1. The van der Waals surface area contributed by atoms with Crippen LogP contribution in [-0.4, -0.2) is 29.0 Å². The first kappa shape index (κ1) is 16.6. The van der Waals surface area contributed by atoms with Gasteiger partial charge in [0.05, 0.1) is 22.8 Å². The van der Waals surface area contributed by atoms with E-state index in [-0.39, 0.29) is 12.7 Å². The fourth-order valence-electron chi connectivity index (χ4n) is 2.65. The summed E-state index contributed by atoms with van der Waals surface area (Å²) >= 11 is 6.12. The van der Waals surface area contributed by atoms with Gasteiger partial charge in [-0.25, -0.2) is 0 Å². The third-order valence-corrected chi connectivity index (χ3v) is 4.51. The maximum Gasteiger partial charge on any atom is 0.231 e. The van der Waals surface area contributed by atoms with Crippen molar-refractivity contribution in [3.63, 3.8) is 0 Å². The Balaban J connectivity index is 1.43. The van der Waals surface area contributed by atoms with Crippen molar-refractivity contribution in [1.82, 2.24) is 15.1 Å². The Kier molecular flexibility index (Phi) is 4.94. The molecule has 1 aromatic heterocycles. The van der Waals surface area contributed by atoms with Gasteiger partial charge < -0.3 is 14.8 Å². The molecule has 0 saturated heterocycles. The van der Waals surface area contributed by atoms with Crippen LogP contribution in [0, 0.1) is 13.8 Å². The minimum Gasteiger partial charge on any atom is -0.454 e. The second-order valence-corrected chi connectivity index (χ2v) is 6.15. The smallest absolute Gasteiger partial charge is 0.231 e. The van der Waals surface area contributed by atoms with Gasteiger partial charge in [0.15, 0.2) is 11.5 Å². The number of carbonyl (C=O) groups excluding carboxylic acids is 1. The molecule has 24 heavy (non-hydrogen) atoms. The van der Waals surface area contributed by atoms with Gasteiger partial charge >= 0.3 is 0 Å². The molecule has 1 amide bonds. The Morgan fingerprint density at radius 3 is 2.88 bits per heavy atom. The summed E-state index contributed by atoms with van der Waals surface area (Å²) in [6.07, 6.45) is 1.12. The van der Waals surface area contributed by atoms with E-state index in [1.165, 1.54) is 0 Å². The largest absolute Gasteiger partial charge is 0.454 e. The summed E-state index contributed by atoms with van der Waals surface area (Å²) in [5.41, 5.74) is 2.70. The van der Waals surface area contributed by atoms with Gasteiger partial charge in [-0.05, 0) is 38.0 Å². The molecule has 128 valence electrons. The van der Waals surface area contributed by atoms with E-state index in [4.69, 9.17) is 21.1 Å². The highest BCUT2D eigenvalue weighted by atomic mass is 35.5. The van der Waals surface area contributed by atoms with Crippen molar-refractivity contribution >= 4 is 17.5 Å². The van der Waals surface area contributed by atoms with Crippen LogP contribution >= 0.6 is 11.6 Å². The van der Waals surface area contributed by atoms with Gasteiger partial charge in [-0.2, -0.15) is 5.10 Å². The lowest BCUT2D eigenvalue weighted by Crippen LogP contribution is -2.27. The lowest BCUT2D eigenvalue weighted by atomic mass is 10.1. The Bertz CT molecular complexity index is 758. The second kappa shape index (κ2) is 7.13. The number of nitrogens with one attached hydrogen (secondary N) is 1. The van der Waals surface area contributed by atoms with Gasteiger partial charge in [0, 0.05) is 13.1 Å². The van der Waals surface area contributed by atoms with Crippen LogP contribution in [0.4, 0.5) is 0 Å². The molecule has 7 heteroatoms. The number of aryl methyl sites for hydroxylation is 2. The van der Waals surface area contributed by atoms with E-state index < -0.39 is 0 Å². The molecule has 1 aliphatic rings. The molecule has 1 aliphatic heterocycles. The van der Waals surface area contributed by atoms with E-state index in [2.05, 4.69) is 10.4 Å². The van der Waals surface area contributed by atoms with E-state index in [0.29, 0.717) is 23.7 Å². The van der Waals surface area contributed by atoms with Crippen molar-refractivity contribution in [1.29, 1.82) is 0 Å². The predicted molar refractivity (Wildman–Crippen MR) is 90.6 cm³/mol. The van der Waals surface area contributed by atoms with Gasteiger partial charge in [0.1, 0.15) is 0 Å². The fraction of sp³-hybridized carbons (Fsp3) is 0.412. The number of carbonyl (C=O) groups is 1. The molecule has 2 aromatic rings. The van der Waals surface area contributed by atoms with Gasteiger partial charge in [-0.15, -0.1) is 0 Å². The minimum absolute atomic E-state index is 0.0136. The first-order valence-corrected chi connectivity index (χ1v) is 8.27. The lowest BCUT2D eigenvalue weighted by molar-refractivity contribution is -0.120. The maximum absolute atomic E-state index is 12.0. The van der Waals surface area contributed by atoms with Crippen LogP contribution in [0.3, 0.4) is 0 Å². The summed E-state index contributed by atoms with van der Waals surface area (Å²) in [5, 5.41) is 8.01. The van der Waals surface area contributed by atoms with Crippen molar-refractivity contribution in [3.05, 3.63) is 40.2 Å². The zero-order valence-electron chi connectivity index (χ0n) is 13.8. The van der Waals surface area contributed by atoms with Gasteiger partial charge in [0.2, 0.25) is 12.7 Å². The van der Waals surface area contributed by atoms with Crippen LogP contribution in [0.5, 0.6) is 11.5 Å². The third kappa shape index (κ3) is 3.64. The molecule has 0 aliphatic carbocycles. The number of ether oxygens (including phenoxy) is 2. The van der Waals surface area contributed by atoms with Crippen LogP contribution < -0.4 is 14.8 Å². The molecule has 0 saturated carbocycles. The van der Waals surface area contributed by atoms with Gasteiger partial charge in [-0.3, -0.25) is 9.48 Å². The number of aromatic nitrogens is 2. The second-order valence-electron chi connectivity index (χ2n) is 5.78. The van der Waals surface area contributed by atoms with Crippen molar-refractivity contribution in [2.24, 2.45) is 0 Å². The summed E-state index contributed by atoms with van der Waals surface area (Å²) in [7, 11) is 0. The first-order valence-electron chi connectivity index (χ1n) is 7.89. The number of hydrogen-bond donors (Lipinski definition) is 1. The first-order chi connectivity index (χ1) is 11.5. The number of halogens is 1. The van der Waals surface area contributed by atoms with E-state index >= 15 is 0 Å². The van der Waals surface area contributed by atoms with E-state index in [0.717, 1.165) is 35.7 Å². The van der Waals surface area contributed by atoms with Crippen molar-refractivity contribution in [2.75, 3.05) is 13.3 Å². The number of amides is 1. The monoisotopic (exact) mass is 349 g/mol. The number of nitrogens with zero attached hydrogens (tertiary/aromatic N) is 2. The number of fused-ring (bicyclic) bond motifs is 1. The minimum atomic E-state index is -0.0136. The quantitative estimate of drug-likeness (QED) is 0.814. The number of rotatable bonds is 6. The van der Waals surface area contributed by atoms with Crippen molar-refractivity contribution in [2.45, 2.75) is 33.2 Å². The summed E-state index contributed by atoms with van der Waals surface area (Å²) < 4.78 is 12.5. The van der Waals surface area contributed by atoms with Crippen molar-refractivity contribution < 1.29 is 14.3 Å². The molecular weight excluding hydrogens is 330 g/mol. The van der Waals surface area contributed by atoms with Crippen molar-refractivity contribution in [3.8, 4) is 11.5 Å². The average molecular weight is 350 g/mol. The van der Waals surface area contributed by atoms with E-state index in [1.54, 1.807) is 0 Å². The molecule has 1 aromatic carbocycles. The maximum atomic E-state index is 12.0. The highest BCUT2D eigenvalue weighted by Gasteiger charge is 2.14. The summed E-state index contributed by atoms with van der Waals surface area (Å²) in [6, 6.07) is 5.56. The van der Waals surface area contributed by atoms with Crippen LogP contribution in [0.2, 0.25) is 5.02 Å². The highest BCUT2D eigenvalue weighted by molar-refractivity contribution is 6.31. The molecule has 6 nitrogen and oxygen atoms in total. The van der Waals surface area contributed by atoms with E-state index in [1.807, 2.05) is 36.7 Å². The van der Waals surface area contributed by atoms with Crippen LogP contribution in [0.1, 0.15) is 23.4 Å². The lowest BCUT2D eigenvalue weighted by Gasteiger charge is -2.07. The molecule has 0 unspecified atom stereocenters.